The van der Waals surface area contributed by atoms with Crippen molar-refractivity contribution in [3.63, 3.8) is 0 Å². The molecule has 112 valence electrons. The van der Waals surface area contributed by atoms with Gasteiger partial charge in [-0.15, -0.1) is 11.3 Å². The first-order valence-corrected chi connectivity index (χ1v) is 8.44. The maximum atomic E-state index is 6.56. The smallest absolute Gasteiger partial charge is 0.122 e. The Balaban J connectivity index is 1.96. The molecule has 1 unspecified atom stereocenters. The number of benzene rings is 1. The fourth-order valence-corrected chi connectivity index (χ4v) is 4.47. The number of ether oxygens (including phenoxy) is 1. The van der Waals surface area contributed by atoms with Crippen LogP contribution in [0.5, 0.6) is 5.75 Å². The summed E-state index contributed by atoms with van der Waals surface area (Å²) in [6, 6.07) is 6.59. The number of rotatable bonds is 3. The minimum Gasteiger partial charge on any atom is -0.496 e. The fraction of sp³-hybridized carbons (Fsp3) is 0.444. The molecule has 0 radical (unpaired) electrons. The number of nitrogens with two attached hydrogens (primary N) is 1. The van der Waals surface area contributed by atoms with Crippen LogP contribution >= 0.6 is 11.3 Å². The Labute approximate surface area is 130 Å². The van der Waals surface area contributed by atoms with Crippen molar-refractivity contribution >= 4 is 11.3 Å². The van der Waals surface area contributed by atoms with E-state index in [0.717, 1.165) is 11.3 Å². The SMILES string of the molecule is COc1cc(C)c(C(N)c2cc3c(s2)CCCC3)cc1C. The van der Waals surface area contributed by atoms with Crippen molar-refractivity contribution in [2.75, 3.05) is 7.11 Å². The molecule has 2 nitrogen and oxygen atoms in total. The van der Waals surface area contributed by atoms with Crippen LogP contribution in [0, 0.1) is 13.8 Å². The monoisotopic (exact) mass is 301 g/mol. The van der Waals surface area contributed by atoms with Gasteiger partial charge in [-0.05, 0) is 73.9 Å². The highest BCUT2D eigenvalue weighted by Gasteiger charge is 2.19. The molecule has 1 aromatic heterocycles. The van der Waals surface area contributed by atoms with Crippen LogP contribution in [0.3, 0.4) is 0 Å². The van der Waals surface area contributed by atoms with Crippen LogP contribution in [0.4, 0.5) is 0 Å². The molecule has 3 rings (SSSR count). The molecular formula is C18H23NOS. The van der Waals surface area contributed by atoms with Crippen molar-refractivity contribution in [1.82, 2.24) is 0 Å². The van der Waals surface area contributed by atoms with Crippen LogP contribution in [-0.2, 0) is 12.8 Å². The average molecular weight is 301 g/mol. The van der Waals surface area contributed by atoms with Gasteiger partial charge in [0, 0.05) is 9.75 Å². The van der Waals surface area contributed by atoms with Crippen molar-refractivity contribution in [3.8, 4) is 5.75 Å². The highest BCUT2D eigenvalue weighted by atomic mass is 32.1. The minimum absolute atomic E-state index is 0.0230. The van der Waals surface area contributed by atoms with Crippen LogP contribution in [0.1, 0.15) is 50.9 Å². The van der Waals surface area contributed by atoms with E-state index in [0.29, 0.717) is 0 Å². The molecule has 1 heterocycles. The maximum absolute atomic E-state index is 6.56. The van der Waals surface area contributed by atoms with E-state index >= 15 is 0 Å². The Morgan fingerprint density at radius 2 is 1.86 bits per heavy atom. The number of hydrogen-bond donors (Lipinski definition) is 1. The lowest BCUT2D eigenvalue weighted by Gasteiger charge is -2.16. The standard InChI is InChI=1S/C18H23NOS/c1-11-9-15(20-3)12(2)8-14(11)18(19)17-10-13-6-4-5-7-16(13)21-17/h8-10,18H,4-7,19H2,1-3H3. The summed E-state index contributed by atoms with van der Waals surface area (Å²) in [6.07, 6.45) is 5.09. The molecule has 1 aliphatic rings. The van der Waals surface area contributed by atoms with Gasteiger partial charge in [-0.2, -0.15) is 0 Å². The lowest BCUT2D eigenvalue weighted by molar-refractivity contribution is 0.411. The van der Waals surface area contributed by atoms with Gasteiger partial charge in [0.2, 0.25) is 0 Å². The van der Waals surface area contributed by atoms with Crippen molar-refractivity contribution in [1.29, 1.82) is 0 Å². The Morgan fingerprint density at radius 1 is 1.10 bits per heavy atom. The molecule has 0 amide bonds. The predicted octanol–water partition coefficient (Wildman–Crippen LogP) is 4.30. The van der Waals surface area contributed by atoms with E-state index in [1.54, 1.807) is 12.0 Å². The van der Waals surface area contributed by atoms with Crippen molar-refractivity contribution in [3.05, 3.63) is 50.2 Å². The average Bonchev–Trinajstić information content (AvgIpc) is 2.92. The maximum Gasteiger partial charge on any atom is 0.122 e. The van der Waals surface area contributed by atoms with Gasteiger partial charge in [0.05, 0.1) is 13.2 Å². The third kappa shape index (κ3) is 2.72. The third-order valence-electron chi connectivity index (χ3n) is 4.44. The normalized spacial score (nSPS) is 15.6. The predicted molar refractivity (Wildman–Crippen MR) is 89.5 cm³/mol. The number of thiophene rings is 1. The van der Waals surface area contributed by atoms with Gasteiger partial charge in [0.15, 0.2) is 0 Å². The van der Waals surface area contributed by atoms with Gasteiger partial charge in [-0.3, -0.25) is 0 Å². The Hall–Kier alpha value is -1.32. The van der Waals surface area contributed by atoms with Crippen LogP contribution in [0.25, 0.3) is 0 Å². The van der Waals surface area contributed by atoms with Gasteiger partial charge < -0.3 is 10.5 Å². The van der Waals surface area contributed by atoms with Gasteiger partial charge >= 0.3 is 0 Å². The van der Waals surface area contributed by atoms with E-state index in [1.807, 2.05) is 11.3 Å². The topological polar surface area (TPSA) is 35.2 Å². The highest BCUT2D eigenvalue weighted by Crippen LogP contribution is 2.36. The fourth-order valence-electron chi connectivity index (χ4n) is 3.19. The molecule has 21 heavy (non-hydrogen) atoms. The molecule has 1 atom stereocenters. The molecule has 0 saturated carbocycles. The summed E-state index contributed by atoms with van der Waals surface area (Å²) in [4.78, 5) is 2.85. The van der Waals surface area contributed by atoms with Crippen LogP contribution in [0.15, 0.2) is 18.2 Å². The molecule has 0 saturated heterocycles. The van der Waals surface area contributed by atoms with Crippen molar-refractivity contribution in [2.45, 2.75) is 45.6 Å². The molecule has 2 aromatic rings. The molecule has 0 spiro atoms. The second-order valence-electron chi connectivity index (χ2n) is 5.96. The minimum atomic E-state index is -0.0230. The molecule has 0 bridgehead atoms. The summed E-state index contributed by atoms with van der Waals surface area (Å²) in [7, 11) is 1.72. The van der Waals surface area contributed by atoms with E-state index in [2.05, 4.69) is 32.0 Å². The Bertz CT molecular complexity index is 636. The van der Waals surface area contributed by atoms with Gasteiger partial charge in [0.25, 0.3) is 0 Å². The number of fused-ring (bicyclic) bond motifs is 1. The third-order valence-corrected chi connectivity index (χ3v) is 5.76. The molecule has 3 heteroatoms. The van der Waals surface area contributed by atoms with E-state index < -0.39 is 0 Å². The summed E-state index contributed by atoms with van der Waals surface area (Å²) in [6.45, 7) is 4.19. The quantitative estimate of drug-likeness (QED) is 0.917. The van der Waals surface area contributed by atoms with Crippen LogP contribution in [-0.4, -0.2) is 7.11 Å². The molecule has 0 fully saturated rings. The summed E-state index contributed by atoms with van der Waals surface area (Å²) < 4.78 is 5.39. The lowest BCUT2D eigenvalue weighted by Crippen LogP contribution is -2.12. The van der Waals surface area contributed by atoms with E-state index in [-0.39, 0.29) is 6.04 Å². The van der Waals surface area contributed by atoms with Crippen LogP contribution < -0.4 is 10.5 Å². The first-order valence-electron chi connectivity index (χ1n) is 7.62. The number of aryl methyl sites for hydroxylation is 4. The van der Waals surface area contributed by atoms with Gasteiger partial charge in [-0.1, -0.05) is 6.07 Å². The summed E-state index contributed by atoms with van der Waals surface area (Å²) in [5.41, 5.74) is 11.7. The number of methoxy groups -OCH3 is 1. The second kappa shape index (κ2) is 5.82. The summed E-state index contributed by atoms with van der Waals surface area (Å²) in [5, 5.41) is 0. The lowest BCUT2D eigenvalue weighted by atomic mass is 9.95. The zero-order valence-corrected chi connectivity index (χ0v) is 13.8. The van der Waals surface area contributed by atoms with E-state index in [4.69, 9.17) is 10.5 Å². The molecule has 2 N–H and O–H groups in total. The molecule has 1 aromatic carbocycles. The first-order chi connectivity index (χ1) is 10.1. The number of hydrogen-bond acceptors (Lipinski definition) is 3. The highest BCUT2D eigenvalue weighted by molar-refractivity contribution is 7.12. The molecular weight excluding hydrogens is 278 g/mol. The first kappa shape index (κ1) is 14.6. The summed E-state index contributed by atoms with van der Waals surface area (Å²) >= 11 is 1.91. The largest absolute Gasteiger partial charge is 0.496 e. The summed E-state index contributed by atoms with van der Waals surface area (Å²) in [5.74, 6) is 0.939. The van der Waals surface area contributed by atoms with Crippen molar-refractivity contribution in [2.24, 2.45) is 5.73 Å². The van der Waals surface area contributed by atoms with Gasteiger partial charge in [-0.25, -0.2) is 0 Å². The zero-order valence-electron chi connectivity index (χ0n) is 13.0. The molecule has 0 aliphatic heterocycles. The van der Waals surface area contributed by atoms with Crippen molar-refractivity contribution < 1.29 is 4.74 Å². The van der Waals surface area contributed by atoms with E-state index in [1.165, 1.54) is 47.3 Å². The zero-order chi connectivity index (χ0) is 15.0. The van der Waals surface area contributed by atoms with Crippen LogP contribution in [0.2, 0.25) is 0 Å². The van der Waals surface area contributed by atoms with Gasteiger partial charge in [0.1, 0.15) is 5.75 Å². The van der Waals surface area contributed by atoms with E-state index in [9.17, 15) is 0 Å². The molecule has 1 aliphatic carbocycles. The second-order valence-corrected chi connectivity index (χ2v) is 7.13. The Kier molecular flexibility index (Phi) is 4.05. The Morgan fingerprint density at radius 3 is 2.57 bits per heavy atom.